The molecule has 22 heavy (non-hydrogen) atoms. The van der Waals surface area contributed by atoms with Gasteiger partial charge in [-0.1, -0.05) is 41.9 Å². The van der Waals surface area contributed by atoms with Crippen LogP contribution in [0.1, 0.15) is 5.69 Å². The van der Waals surface area contributed by atoms with Gasteiger partial charge in [-0.2, -0.15) is 5.10 Å². The first-order chi connectivity index (χ1) is 10.8. The number of hydrogen-bond donors (Lipinski definition) is 1. The fourth-order valence-electron chi connectivity index (χ4n) is 2.32. The van der Waals surface area contributed by atoms with Gasteiger partial charge in [0.05, 0.1) is 11.9 Å². The molecule has 2 aromatic heterocycles. The first-order valence-electron chi connectivity index (χ1n) is 6.70. The molecule has 0 amide bonds. The van der Waals surface area contributed by atoms with Crippen LogP contribution in [0.5, 0.6) is 0 Å². The molecule has 2 heterocycles. The second-order valence-corrected chi connectivity index (χ2v) is 6.01. The Kier molecular flexibility index (Phi) is 3.29. The Morgan fingerprint density at radius 2 is 2.05 bits per heavy atom. The largest absolute Gasteiger partial charge is 0.288 e. The summed E-state index contributed by atoms with van der Waals surface area (Å²) >= 11 is 7.66. The molecular weight excluding hydrogens is 316 g/mol. The van der Waals surface area contributed by atoms with Crippen molar-refractivity contribution in [2.75, 3.05) is 5.43 Å². The van der Waals surface area contributed by atoms with Crippen molar-refractivity contribution in [3.05, 3.63) is 64.9 Å². The Morgan fingerprint density at radius 1 is 1.18 bits per heavy atom. The van der Waals surface area contributed by atoms with Crippen LogP contribution < -0.4 is 5.43 Å². The highest BCUT2D eigenvalue weighted by atomic mass is 35.5. The number of aromatic nitrogens is 2. The van der Waals surface area contributed by atoms with Crippen molar-refractivity contribution < 1.29 is 0 Å². The van der Waals surface area contributed by atoms with E-state index in [2.05, 4.69) is 39.8 Å². The molecule has 0 spiro atoms. The monoisotopic (exact) mass is 326 g/mol. The van der Waals surface area contributed by atoms with E-state index in [-0.39, 0.29) is 0 Å². The Hall–Kier alpha value is -2.37. The number of fused-ring (bicyclic) bond motifs is 2. The molecule has 0 fully saturated rings. The van der Waals surface area contributed by atoms with Crippen LogP contribution in [0.4, 0.5) is 5.69 Å². The predicted octanol–water partition coefficient (Wildman–Crippen LogP) is 4.65. The number of halogens is 1. The van der Waals surface area contributed by atoms with Crippen LogP contribution in [0, 0.1) is 0 Å². The molecule has 2 aromatic carbocycles. The number of hydrogen-bond acceptors (Lipinski definition) is 4. The Morgan fingerprint density at radius 3 is 2.95 bits per heavy atom. The molecule has 0 aliphatic carbocycles. The molecule has 0 aliphatic rings. The van der Waals surface area contributed by atoms with Crippen molar-refractivity contribution in [1.29, 1.82) is 0 Å². The maximum atomic E-state index is 6.12. The van der Waals surface area contributed by atoms with Gasteiger partial charge < -0.3 is 0 Å². The van der Waals surface area contributed by atoms with Crippen molar-refractivity contribution in [1.82, 2.24) is 9.38 Å². The number of thiazole rings is 1. The molecule has 4 rings (SSSR count). The second-order valence-electron chi connectivity index (χ2n) is 4.78. The average molecular weight is 327 g/mol. The minimum absolute atomic E-state index is 0.455. The van der Waals surface area contributed by atoms with Crippen LogP contribution >= 0.6 is 22.9 Å². The first-order valence-corrected chi connectivity index (χ1v) is 7.96. The maximum absolute atomic E-state index is 6.12. The molecule has 0 saturated carbocycles. The van der Waals surface area contributed by atoms with Crippen LogP contribution in [0.2, 0.25) is 5.15 Å². The van der Waals surface area contributed by atoms with Gasteiger partial charge in [0.1, 0.15) is 5.69 Å². The van der Waals surface area contributed by atoms with E-state index < -0.39 is 0 Å². The summed E-state index contributed by atoms with van der Waals surface area (Å²) in [6.07, 6.45) is 3.61. The van der Waals surface area contributed by atoms with Crippen LogP contribution in [0.15, 0.2) is 59.1 Å². The average Bonchev–Trinajstić information content (AvgIpc) is 3.09. The molecule has 108 valence electrons. The molecule has 0 bridgehead atoms. The molecule has 0 atom stereocenters. The highest BCUT2D eigenvalue weighted by Crippen LogP contribution is 2.21. The molecule has 0 radical (unpaired) electrons. The third-order valence-corrected chi connectivity index (χ3v) is 4.42. The number of anilines is 1. The lowest BCUT2D eigenvalue weighted by Crippen LogP contribution is -1.93. The minimum Gasteiger partial charge on any atom is -0.288 e. The first kappa shape index (κ1) is 13.3. The molecule has 1 N–H and O–H groups in total. The summed E-state index contributed by atoms with van der Waals surface area (Å²) in [5.41, 5.74) is 4.73. The predicted molar refractivity (Wildman–Crippen MR) is 93.2 cm³/mol. The lowest BCUT2D eigenvalue weighted by atomic mass is 10.1. The molecule has 0 saturated heterocycles. The summed E-state index contributed by atoms with van der Waals surface area (Å²) in [4.78, 5) is 5.13. The number of imidazole rings is 1. The van der Waals surface area contributed by atoms with Crippen molar-refractivity contribution in [2.45, 2.75) is 0 Å². The van der Waals surface area contributed by atoms with E-state index >= 15 is 0 Å². The van der Waals surface area contributed by atoms with E-state index in [4.69, 9.17) is 11.6 Å². The summed E-state index contributed by atoms with van der Waals surface area (Å²) in [5, 5.41) is 9.06. The van der Waals surface area contributed by atoms with Crippen LogP contribution in [0.25, 0.3) is 15.7 Å². The van der Waals surface area contributed by atoms with Crippen molar-refractivity contribution in [3.63, 3.8) is 0 Å². The molecule has 6 heteroatoms. The van der Waals surface area contributed by atoms with Crippen molar-refractivity contribution in [2.24, 2.45) is 5.10 Å². The van der Waals surface area contributed by atoms with Crippen LogP contribution in [0.3, 0.4) is 0 Å². The normalized spacial score (nSPS) is 11.7. The fraction of sp³-hybridized carbons (Fsp3) is 0. The third-order valence-electron chi connectivity index (χ3n) is 3.38. The van der Waals surface area contributed by atoms with Gasteiger partial charge in [-0.3, -0.25) is 9.83 Å². The van der Waals surface area contributed by atoms with E-state index in [0.29, 0.717) is 5.15 Å². The standard InChI is InChI=1S/C16H11ClN4S/c17-15-14(21-7-8-22-16(21)19-15)10-18-20-13-6-5-11-3-1-2-4-12(11)9-13/h1-10,20H/b18-10-. The molecule has 4 nitrogen and oxygen atoms in total. The van der Waals surface area contributed by atoms with Gasteiger partial charge >= 0.3 is 0 Å². The minimum atomic E-state index is 0.455. The van der Waals surface area contributed by atoms with E-state index in [1.165, 1.54) is 22.1 Å². The molecular formula is C16H11ClN4S. The summed E-state index contributed by atoms with van der Waals surface area (Å²) in [7, 11) is 0. The topological polar surface area (TPSA) is 41.7 Å². The zero-order valence-corrected chi connectivity index (χ0v) is 13.0. The van der Waals surface area contributed by atoms with E-state index in [1.807, 2.05) is 34.2 Å². The van der Waals surface area contributed by atoms with Gasteiger partial charge in [0.15, 0.2) is 10.1 Å². The Balaban J connectivity index is 1.60. The summed E-state index contributed by atoms with van der Waals surface area (Å²) in [6.45, 7) is 0. The van der Waals surface area contributed by atoms with Gasteiger partial charge in [0.2, 0.25) is 0 Å². The van der Waals surface area contributed by atoms with Gasteiger partial charge in [-0.15, -0.1) is 11.3 Å². The quantitative estimate of drug-likeness (QED) is 0.440. The Labute approximate surface area is 135 Å². The van der Waals surface area contributed by atoms with Gasteiger partial charge in [0, 0.05) is 11.6 Å². The lowest BCUT2D eigenvalue weighted by Gasteiger charge is -2.02. The van der Waals surface area contributed by atoms with Crippen LogP contribution in [-0.2, 0) is 0 Å². The van der Waals surface area contributed by atoms with Gasteiger partial charge in [0.25, 0.3) is 0 Å². The smallest absolute Gasteiger partial charge is 0.195 e. The summed E-state index contributed by atoms with van der Waals surface area (Å²) < 4.78 is 1.92. The third kappa shape index (κ3) is 2.34. The summed E-state index contributed by atoms with van der Waals surface area (Å²) in [6, 6.07) is 14.3. The number of nitrogens with one attached hydrogen (secondary N) is 1. The van der Waals surface area contributed by atoms with Crippen molar-refractivity contribution in [3.8, 4) is 0 Å². The van der Waals surface area contributed by atoms with E-state index in [1.54, 1.807) is 6.21 Å². The number of benzene rings is 2. The van der Waals surface area contributed by atoms with E-state index in [9.17, 15) is 0 Å². The molecule has 4 aromatic rings. The second kappa shape index (κ2) is 5.44. The zero-order valence-electron chi connectivity index (χ0n) is 11.4. The van der Waals surface area contributed by atoms with Gasteiger partial charge in [-0.25, -0.2) is 4.98 Å². The summed E-state index contributed by atoms with van der Waals surface area (Å²) in [5.74, 6) is 0. The van der Waals surface area contributed by atoms with Gasteiger partial charge in [-0.05, 0) is 22.9 Å². The highest BCUT2D eigenvalue weighted by Gasteiger charge is 2.08. The zero-order chi connectivity index (χ0) is 14.9. The van der Waals surface area contributed by atoms with E-state index in [0.717, 1.165) is 16.3 Å². The molecule has 0 aliphatic heterocycles. The maximum Gasteiger partial charge on any atom is 0.195 e. The van der Waals surface area contributed by atoms with Crippen LogP contribution in [-0.4, -0.2) is 15.6 Å². The Bertz CT molecular complexity index is 986. The number of rotatable bonds is 3. The lowest BCUT2D eigenvalue weighted by molar-refractivity contribution is 1.21. The highest BCUT2D eigenvalue weighted by molar-refractivity contribution is 7.15. The number of nitrogens with zero attached hydrogens (tertiary/aromatic N) is 3. The fourth-order valence-corrected chi connectivity index (χ4v) is 3.31. The molecule has 0 unspecified atom stereocenters. The SMILES string of the molecule is Clc1nc2sccn2c1/C=N\Nc1ccc2ccccc2c1. The van der Waals surface area contributed by atoms with Crippen molar-refractivity contribution >= 4 is 50.6 Å². The number of hydrazone groups is 1.